The molecular formula is C24H27N3O4. The third kappa shape index (κ3) is 5.31. The van der Waals surface area contributed by atoms with Crippen LogP contribution in [-0.2, 0) is 16.0 Å². The first-order valence-corrected chi connectivity index (χ1v) is 10.2. The van der Waals surface area contributed by atoms with Crippen LogP contribution in [-0.4, -0.2) is 23.8 Å². The van der Waals surface area contributed by atoms with Gasteiger partial charge in [-0.2, -0.15) is 0 Å². The summed E-state index contributed by atoms with van der Waals surface area (Å²) in [6.07, 6.45) is 0.150. The van der Waals surface area contributed by atoms with Crippen molar-refractivity contribution >= 4 is 28.5 Å². The minimum atomic E-state index is -0.796. The molecule has 3 aromatic rings. The molecule has 0 radical (unpaired) electrons. The van der Waals surface area contributed by atoms with Gasteiger partial charge in [-0.25, -0.2) is 0 Å². The van der Waals surface area contributed by atoms with Crippen molar-refractivity contribution in [1.29, 1.82) is 0 Å². The van der Waals surface area contributed by atoms with E-state index in [9.17, 15) is 14.4 Å². The van der Waals surface area contributed by atoms with Gasteiger partial charge in [-0.15, -0.1) is 0 Å². The molecule has 1 heterocycles. The molecule has 0 saturated carbocycles. The highest BCUT2D eigenvalue weighted by atomic mass is 16.3. The van der Waals surface area contributed by atoms with E-state index in [2.05, 4.69) is 16.2 Å². The number of benzene rings is 2. The monoisotopic (exact) mass is 421 g/mol. The highest BCUT2D eigenvalue weighted by Crippen LogP contribution is 2.19. The predicted octanol–water partition coefficient (Wildman–Crippen LogP) is 3.19. The highest BCUT2D eigenvalue weighted by Gasteiger charge is 2.25. The summed E-state index contributed by atoms with van der Waals surface area (Å²) < 4.78 is 5.34. The second-order valence-corrected chi connectivity index (χ2v) is 7.87. The number of fused-ring (bicyclic) bond motifs is 1. The second-order valence-electron chi connectivity index (χ2n) is 7.87. The molecule has 0 spiro atoms. The van der Waals surface area contributed by atoms with Crippen LogP contribution in [0.1, 0.15) is 41.3 Å². The smallest absolute Gasteiger partial charge is 0.273 e. The Balaban J connectivity index is 1.63. The average Bonchev–Trinajstić information content (AvgIpc) is 3.08. The number of hydrazine groups is 1. The fraction of sp³-hybridized carbons (Fsp3) is 0.292. The fourth-order valence-corrected chi connectivity index (χ4v) is 3.50. The van der Waals surface area contributed by atoms with Gasteiger partial charge < -0.3 is 9.73 Å². The van der Waals surface area contributed by atoms with E-state index in [4.69, 9.17) is 4.42 Å². The molecule has 162 valence electrons. The summed E-state index contributed by atoms with van der Waals surface area (Å²) >= 11 is 0. The van der Waals surface area contributed by atoms with Gasteiger partial charge in [0.15, 0.2) is 0 Å². The van der Waals surface area contributed by atoms with E-state index in [1.807, 2.05) is 56.3 Å². The zero-order chi connectivity index (χ0) is 22.5. The number of carbonyl (C=O) groups is 3. The Kier molecular flexibility index (Phi) is 6.74. The van der Waals surface area contributed by atoms with E-state index in [-0.39, 0.29) is 18.2 Å². The van der Waals surface area contributed by atoms with Crippen molar-refractivity contribution < 1.29 is 18.8 Å². The van der Waals surface area contributed by atoms with Crippen LogP contribution < -0.4 is 16.2 Å². The van der Waals surface area contributed by atoms with Crippen molar-refractivity contribution in [3.05, 3.63) is 71.2 Å². The number of aryl methyl sites for hydroxylation is 2. The zero-order valence-corrected chi connectivity index (χ0v) is 18.1. The molecule has 1 aromatic heterocycles. The number of hydrogen-bond acceptors (Lipinski definition) is 4. The summed E-state index contributed by atoms with van der Waals surface area (Å²) in [6.45, 7) is 7.07. The van der Waals surface area contributed by atoms with Crippen molar-refractivity contribution in [1.82, 2.24) is 16.2 Å². The molecule has 0 aliphatic rings. The zero-order valence-electron chi connectivity index (χ0n) is 18.1. The third-order valence-corrected chi connectivity index (χ3v) is 5.08. The minimum Gasteiger partial charge on any atom is -0.466 e. The molecule has 3 amide bonds. The summed E-state index contributed by atoms with van der Waals surface area (Å²) in [5.74, 6) is -0.341. The molecule has 7 heteroatoms. The Morgan fingerprint density at radius 3 is 2.35 bits per heavy atom. The van der Waals surface area contributed by atoms with E-state index < -0.39 is 17.9 Å². The van der Waals surface area contributed by atoms with E-state index in [1.54, 1.807) is 19.9 Å². The maximum atomic E-state index is 12.7. The molecule has 0 unspecified atom stereocenters. The summed E-state index contributed by atoms with van der Waals surface area (Å²) in [4.78, 5) is 37.6. The van der Waals surface area contributed by atoms with Crippen LogP contribution >= 0.6 is 0 Å². The Hall–Kier alpha value is -3.61. The van der Waals surface area contributed by atoms with Gasteiger partial charge >= 0.3 is 0 Å². The van der Waals surface area contributed by atoms with Crippen LogP contribution in [0.5, 0.6) is 0 Å². The Morgan fingerprint density at radius 2 is 1.68 bits per heavy atom. The number of hydrogen-bond donors (Lipinski definition) is 3. The molecule has 0 aliphatic carbocycles. The normalized spacial score (nSPS) is 11.9. The molecule has 7 nitrogen and oxygen atoms in total. The van der Waals surface area contributed by atoms with Crippen molar-refractivity contribution in [2.45, 2.75) is 40.2 Å². The van der Waals surface area contributed by atoms with Gasteiger partial charge in [0.1, 0.15) is 17.6 Å². The molecule has 3 N–H and O–H groups in total. The summed E-state index contributed by atoms with van der Waals surface area (Å²) in [7, 11) is 0. The summed E-state index contributed by atoms with van der Waals surface area (Å²) in [6, 6.07) is 14.5. The van der Waals surface area contributed by atoms with E-state index in [0.29, 0.717) is 17.1 Å². The standard InChI is InChI=1S/C24H27N3O4/c1-14(2)22(24(30)27-26-23(29)20-12-15(3)31-16(20)4)25-21(28)13-18-10-7-9-17-8-5-6-11-19(17)18/h5-12,14,22H,13H2,1-4H3,(H,25,28)(H,26,29)(H,27,30)/t22-/m0/s1. The maximum absolute atomic E-state index is 12.7. The first kappa shape index (κ1) is 22.1. The van der Waals surface area contributed by atoms with Gasteiger partial charge in [-0.1, -0.05) is 56.3 Å². The number of furan rings is 1. The van der Waals surface area contributed by atoms with Crippen molar-refractivity contribution in [2.24, 2.45) is 5.92 Å². The summed E-state index contributed by atoms with van der Waals surface area (Å²) in [5, 5.41) is 4.85. The lowest BCUT2D eigenvalue weighted by molar-refractivity contribution is -0.130. The number of carbonyl (C=O) groups excluding carboxylic acids is 3. The van der Waals surface area contributed by atoms with Gasteiger partial charge in [-0.05, 0) is 42.2 Å². The Labute approximate surface area is 181 Å². The molecule has 0 saturated heterocycles. The first-order chi connectivity index (χ1) is 14.8. The van der Waals surface area contributed by atoms with Crippen LogP contribution in [0.25, 0.3) is 10.8 Å². The maximum Gasteiger partial charge on any atom is 0.273 e. The molecule has 0 fully saturated rings. The minimum absolute atomic E-state index is 0.150. The second kappa shape index (κ2) is 9.47. The lowest BCUT2D eigenvalue weighted by Crippen LogP contribution is -2.54. The van der Waals surface area contributed by atoms with Gasteiger partial charge in [0.05, 0.1) is 12.0 Å². The molecule has 0 aliphatic heterocycles. The lowest BCUT2D eigenvalue weighted by atomic mass is 10.0. The molecular weight excluding hydrogens is 394 g/mol. The predicted molar refractivity (Wildman–Crippen MR) is 118 cm³/mol. The largest absolute Gasteiger partial charge is 0.466 e. The molecule has 1 atom stereocenters. The topological polar surface area (TPSA) is 100 Å². The summed E-state index contributed by atoms with van der Waals surface area (Å²) in [5.41, 5.74) is 6.02. The molecule has 31 heavy (non-hydrogen) atoms. The molecule has 0 bridgehead atoms. The fourth-order valence-electron chi connectivity index (χ4n) is 3.50. The van der Waals surface area contributed by atoms with Gasteiger partial charge in [-0.3, -0.25) is 25.2 Å². The van der Waals surface area contributed by atoms with Crippen LogP contribution in [0.15, 0.2) is 52.9 Å². The lowest BCUT2D eigenvalue weighted by Gasteiger charge is -2.22. The first-order valence-electron chi connectivity index (χ1n) is 10.2. The van der Waals surface area contributed by atoms with Gasteiger partial charge in [0.2, 0.25) is 5.91 Å². The number of amides is 3. The van der Waals surface area contributed by atoms with Crippen molar-refractivity contribution in [3.63, 3.8) is 0 Å². The molecule has 2 aromatic carbocycles. The Bertz CT molecular complexity index is 1110. The van der Waals surface area contributed by atoms with Crippen molar-refractivity contribution in [3.8, 4) is 0 Å². The van der Waals surface area contributed by atoms with Crippen LogP contribution in [0.3, 0.4) is 0 Å². The SMILES string of the molecule is Cc1cc(C(=O)NNC(=O)[C@@H](NC(=O)Cc2cccc3ccccc23)C(C)C)c(C)o1. The van der Waals surface area contributed by atoms with E-state index >= 15 is 0 Å². The quantitative estimate of drug-likeness (QED) is 0.532. The number of rotatable bonds is 6. The highest BCUT2D eigenvalue weighted by molar-refractivity contribution is 5.97. The Morgan fingerprint density at radius 1 is 0.968 bits per heavy atom. The third-order valence-electron chi connectivity index (χ3n) is 5.08. The van der Waals surface area contributed by atoms with Crippen molar-refractivity contribution in [2.75, 3.05) is 0 Å². The van der Waals surface area contributed by atoms with Gasteiger partial charge in [0.25, 0.3) is 11.8 Å². The van der Waals surface area contributed by atoms with Crippen LogP contribution in [0.2, 0.25) is 0 Å². The van der Waals surface area contributed by atoms with Crippen LogP contribution in [0.4, 0.5) is 0 Å². The number of nitrogens with one attached hydrogen (secondary N) is 3. The molecule has 3 rings (SSSR count). The average molecular weight is 421 g/mol. The van der Waals surface area contributed by atoms with E-state index in [0.717, 1.165) is 16.3 Å². The van der Waals surface area contributed by atoms with E-state index in [1.165, 1.54) is 0 Å². The van der Waals surface area contributed by atoms with Gasteiger partial charge in [0, 0.05) is 0 Å². The van der Waals surface area contributed by atoms with Crippen LogP contribution in [0, 0.1) is 19.8 Å².